The molecule has 11 heteroatoms. The van der Waals surface area contributed by atoms with E-state index in [0.717, 1.165) is 19.2 Å². The minimum Gasteiger partial charge on any atom is -0.373 e. The van der Waals surface area contributed by atoms with Gasteiger partial charge in [0.1, 0.15) is 5.82 Å². The molecule has 182 valence electrons. The van der Waals surface area contributed by atoms with Crippen molar-refractivity contribution < 1.29 is 14.3 Å². The highest BCUT2D eigenvalue weighted by atomic mass is 35.5. The highest BCUT2D eigenvalue weighted by Crippen LogP contribution is 2.26. The normalized spacial score (nSPS) is 19.4. The molecule has 0 aliphatic carbocycles. The standard InChI is InChI=1S/C23H29ClFN7O2/c1-13-10-31(11-14(2)34-13)23(3,4)12-28-22-29-19-16(7-8-27-21(19)30-22)20(26)32(33)15-5-6-18(25)17(24)9-15/h5-9,13-14,26,33H,10-12H2,1-4H3,(H2,27,28,29,30). The molecule has 2 atom stereocenters. The van der Waals surface area contributed by atoms with Crippen LogP contribution >= 0.6 is 11.6 Å². The van der Waals surface area contributed by atoms with Gasteiger partial charge in [-0.1, -0.05) is 11.6 Å². The van der Waals surface area contributed by atoms with Crippen molar-refractivity contribution >= 4 is 40.2 Å². The number of fused-ring (bicyclic) bond motifs is 1. The van der Waals surface area contributed by atoms with Crippen LogP contribution in [0.15, 0.2) is 30.5 Å². The van der Waals surface area contributed by atoms with Gasteiger partial charge < -0.3 is 15.0 Å². The van der Waals surface area contributed by atoms with Gasteiger partial charge >= 0.3 is 0 Å². The molecule has 0 spiro atoms. The van der Waals surface area contributed by atoms with E-state index in [2.05, 4.69) is 52.9 Å². The van der Waals surface area contributed by atoms with Crippen molar-refractivity contribution in [3.8, 4) is 0 Å². The summed E-state index contributed by atoms with van der Waals surface area (Å²) < 4.78 is 19.3. The molecule has 4 rings (SSSR count). The number of aromatic amines is 1. The second-order valence-corrected chi connectivity index (χ2v) is 9.64. The van der Waals surface area contributed by atoms with Gasteiger partial charge in [-0.3, -0.25) is 15.5 Å². The number of anilines is 2. The van der Waals surface area contributed by atoms with Crippen LogP contribution in [0.25, 0.3) is 11.2 Å². The monoisotopic (exact) mass is 489 g/mol. The third-order valence-corrected chi connectivity index (χ3v) is 6.26. The minimum absolute atomic E-state index is 0.149. The number of hydroxylamine groups is 1. The summed E-state index contributed by atoms with van der Waals surface area (Å²) in [4.78, 5) is 14.4. The molecule has 3 aromatic rings. The lowest BCUT2D eigenvalue weighted by Gasteiger charge is -2.45. The molecule has 0 saturated carbocycles. The molecule has 1 aliphatic heterocycles. The molecule has 2 aromatic heterocycles. The number of amidine groups is 1. The fourth-order valence-electron chi connectivity index (χ4n) is 4.14. The van der Waals surface area contributed by atoms with Gasteiger partial charge in [0.05, 0.1) is 28.4 Å². The Balaban J connectivity index is 1.52. The molecule has 1 fully saturated rings. The fraction of sp³-hybridized carbons (Fsp3) is 0.435. The Kier molecular flexibility index (Phi) is 6.77. The van der Waals surface area contributed by atoms with E-state index in [1.165, 1.54) is 18.3 Å². The van der Waals surface area contributed by atoms with E-state index < -0.39 is 5.82 Å². The molecule has 1 aromatic carbocycles. The lowest BCUT2D eigenvalue weighted by atomic mass is 10.0. The lowest BCUT2D eigenvalue weighted by Crippen LogP contribution is -2.57. The zero-order chi connectivity index (χ0) is 24.6. The second-order valence-electron chi connectivity index (χ2n) is 9.23. The Hall–Kier alpha value is -2.79. The summed E-state index contributed by atoms with van der Waals surface area (Å²) in [6.07, 6.45) is 1.86. The van der Waals surface area contributed by atoms with Crippen LogP contribution in [0.3, 0.4) is 0 Å². The molecular weight excluding hydrogens is 461 g/mol. The number of rotatable bonds is 6. The first-order valence-electron chi connectivity index (χ1n) is 11.1. The molecule has 4 N–H and O–H groups in total. The molecule has 1 aliphatic rings. The van der Waals surface area contributed by atoms with Crippen LogP contribution in [-0.2, 0) is 4.74 Å². The number of imidazole rings is 1. The Labute approximate surface area is 202 Å². The van der Waals surface area contributed by atoms with E-state index >= 15 is 0 Å². The van der Waals surface area contributed by atoms with E-state index in [1.54, 1.807) is 6.07 Å². The SMILES string of the molecule is CC1CN(C(C)(C)CNc2nc3nccc(C(=N)N(O)c4ccc(F)c(Cl)c4)c3[nH]2)CC(C)O1. The molecule has 9 nitrogen and oxygen atoms in total. The average molecular weight is 490 g/mol. The number of nitrogens with zero attached hydrogens (tertiary/aromatic N) is 4. The van der Waals surface area contributed by atoms with Crippen molar-refractivity contribution in [3.63, 3.8) is 0 Å². The molecule has 0 bridgehead atoms. The number of H-pyrrole nitrogens is 1. The van der Waals surface area contributed by atoms with Gasteiger partial charge in [0.15, 0.2) is 11.5 Å². The Morgan fingerprint density at radius 2 is 2.06 bits per heavy atom. The quantitative estimate of drug-likeness (QED) is 0.232. The number of aromatic nitrogens is 3. The van der Waals surface area contributed by atoms with Gasteiger partial charge in [-0.05, 0) is 52.0 Å². The number of nitrogens with one attached hydrogen (secondary N) is 3. The fourth-order valence-corrected chi connectivity index (χ4v) is 4.31. The van der Waals surface area contributed by atoms with Gasteiger partial charge in [-0.2, -0.15) is 4.98 Å². The maximum atomic E-state index is 13.5. The number of morpholine rings is 1. The van der Waals surface area contributed by atoms with Gasteiger partial charge in [0.2, 0.25) is 5.95 Å². The molecule has 0 amide bonds. The number of hydrogen-bond acceptors (Lipinski definition) is 7. The van der Waals surface area contributed by atoms with Crippen LogP contribution in [0.1, 0.15) is 33.3 Å². The van der Waals surface area contributed by atoms with Crippen LogP contribution in [0.4, 0.5) is 16.0 Å². The van der Waals surface area contributed by atoms with Gasteiger partial charge in [0.25, 0.3) is 0 Å². The van der Waals surface area contributed by atoms with E-state index in [4.69, 9.17) is 21.7 Å². The predicted octanol–water partition coefficient (Wildman–Crippen LogP) is 4.27. The topological polar surface area (TPSA) is 113 Å². The number of halogens is 2. The molecular formula is C23H29ClFN7O2. The van der Waals surface area contributed by atoms with Crippen LogP contribution < -0.4 is 10.4 Å². The highest BCUT2D eigenvalue weighted by molar-refractivity contribution is 6.31. The molecule has 1 saturated heterocycles. The van der Waals surface area contributed by atoms with Crippen molar-refractivity contribution in [1.29, 1.82) is 5.41 Å². The van der Waals surface area contributed by atoms with Crippen molar-refractivity contribution in [2.24, 2.45) is 0 Å². The first kappa shape index (κ1) is 24.3. The molecule has 34 heavy (non-hydrogen) atoms. The summed E-state index contributed by atoms with van der Waals surface area (Å²) in [6.45, 7) is 10.8. The Morgan fingerprint density at radius 3 is 2.74 bits per heavy atom. The molecule has 2 unspecified atom stereocenters. The van der Waals surface area contributed by atoms with Gasteiger partial charge in [-0.25, -0.2) is 14.4 Å². The number of pyridine rings is 1. The summed E-state index contributed by atoms with van der Waals surface area (Å²) in [5.74, 6) is -0.328. The third-order valence-electron chi connectivity index (χ3n) is 5.97. The van der Waals surface area contributed by atoms with Crippen molar-refractivity contribution in [2.75, 3.05) is 30.0 Å². The Bertz CT molecular complexity index is 1190. The van der Waals surface area contributed by atoms with Crippen LogP contribution in [0.2, 0.25) is 5.02 Å². The predicted molar refractivity (Wildman–Crippen MR) is 131 cm³/mol. The first-order chi connectivity index (χ1) is 16.0. The summed E-state index contributed by atoms with van der Waals surface area (Å²) in [5.41, 5.74) is 1.28. The van der Waals surface area contributed by atoms with E-state index in [0.29, 0.717) is 34.3 Å². The zero-order valence-corrected chi connectivity index (χ0v) is 20.3. The van der Waals surface area contributed by atoms with Crippen LogP contribution in [0, 0.1) is 11.2 Å². The number of ether oxygens (including phenoxy) is 1. The number of hydrogen-bond donors (Lipinski definition) is 4. The largest absolute Gasteiger partial charge is 0.373 e. The van der Waals surface area contributed by atoms with Gasteiger partial charge in [0, 0.05) is 36.9 Å². The van der Waals surface area contributed by atoms with E-state index in [9.17, 15) is 9.60 Å². The maximum absolute atomic E-state index is 13.5. The second kappa shape index (κ2) is 9.46. The average Bonchev–Trinajstić information content (AvgIpc) is 3.21. The molecule has 3 heterocycles. The van der Waals surface area contributed by atoms with E-state index in [1.807, 2.05) is 0 Å². The summed E-state index contributed by atoms with van der Waals surface area (Å²) >= 11 is 5.82. The van der Waals surface area contributed by atoms with Crippen LogP contribution in [0.5, 0.6) is 0 Å². The lowest BCUT2D eigenvalue weighted by molar-refractivity contribution is -0.0933. The first-order valence-corrected chi connectivity index (χ1v) is 11.4. The Morgan fingerprint density at radius 1 is 1.35 bits per heavy atom. The van der Waals surface area contributed by atoms with Crippen LogP contribution in [-0.4, -0.2) is 68.3 Å². The highest BCUT2D eigenvalue weighted by Gasteiger charge is 2.33. The smallest absolute Gasteiger partial charge is 0.202 e. The summed E-state index contributed by atoms with van der Waals surface area (Å²) in [7, 11) is 0. The third kappa shape index (κ3) is 5.00. The van der Waals surface area contributed by atoms with Crippen molar-refractivity contribution in [3.05, 3.63) is 46.9 Å². The molecule has 0 radical (unpaired) electrons. The maximum Gasteiger partial charge on any atom is 0.202 e. The van der Waals surface area contributed by atoms with Gasteiger partial charge in [-0.15, -0.1) is 0 Å². The van der Waals surface area contributed by atoms with Crippen molar-refractivity contribution in [2.45, 2.75) is 45.4 Å². The zero-order valence-electron chi connectivity index (χ0n) is 19.6. The minimum atomic E-state index is -0.607. The summed E-state index contributed by atoms with van der Waals surface area (Å²) in [5, 5.41) is 22.9. The number of benzene rings is 1. The summed E-state index contributed by atoms with van der Waals surface area (Å²) in [6, 6.07) is 5.32. The van der Waals surface area contributed by atoms with E-state index in [-0.39, 0.29) is 34.3 Å². The van der Waals surface area contributed by atoms with Crippen molar-refractivity contribution in [1.82, 2.24) is 19.9 Å².